The fourth-order valence-corrected chi connectivity index (χ4v) is 2.93. The van der Waals surface area contributed by atoms with Gasteiger partial charge in [-0.05, 0) is 55.7 Å². The van der Waals surface area contributed by atoms with Gasteiger partial charge in [0.1, 0.15) is 23.2 Å². The van der Waals surface area contributed by atoms with Crippen LogP contribution in [0.5, 0.6) is 0 Å². The second-order valence-corrected chi connectivity index (χ2v) is 6.83. The third-order valence-corrected chi connectivity index (χ3v) is 4.83. The molecule has 0 saturated heterocycles. The Balaban J connectivity index is 1.88. The van der Waals surface area contributed by atoms with Crippen LogP contribution in [-0.4, -0.2) is 10.8 Å². The number of hydrogen-bond acceptors (Lipinski definition) is 5. The van der Waals surface area contributed by atoms with Crippen molar-refractivity contribution < 1.29 is 14.1 Å². The van der Waals surface area contributed by atoms with Crippen molar-refractivity contribution in [2.75, 3.05) is 5.32 Å². The quantitative estimate of drug-likeness (QED) is 0.269. The van der Waals surface area contributed by atoms with Crippen LogP contribution in [0.4, 0.5) is 11.4 Å². The highest BCUT2D eigenvalue weighted by Crippen LogP contribution is 2.30. The summed E-state index contributed by atoms with van der Waals surface area (Å²) in [4.78, 5) is 23.1. The molecule has 2 aromatic carbocycles. The Kier molecular flexibility index (Phi) is 5.79. The van der Waals surface area contributed by atoms with E-state index in [1.54, 1.807) is 24.3 Å². The minimum atomic E-state index is -0.546. The van der Waals surface area contributed by atoms with E-state index in [0.717, 1.165) is 16.7 Å². The summed E-state index contributed by atoms with van der Waals surface area (Å²) in [7, 11) is 0. The summed E-state index contributed by atoms with van der Waals surface area (Å²) in [6, 6.07) is 15.2. The number of benzene rings is 2. The van der Waals surface area contributed by atoms with E-state index in [-0.39, 0.29) is 11.3 Å². The van der Waals surface area contributed by atoms with E-state index in [2.05, 4.69) is 5.32 Å². The molecule has 0 aliphatic rings. The molecule has 1 amide bonds. The van der Waals surface area contributed by atoms with Crippen LogP contribution in [-0.2, 0) is 4.79 Å². The molecule has 1 aromatic heterocycles. The van der Waals surface area contributed by atoms with Crippen molar-refractivity contribution >= 4 is 23.4 Å². The van der Waals surface area contributed by atoms with Crippen molar-refractivity contribution in [2.45, 2.75) is 20.8 Å². The number of aryl methyl sites for hydroxylation is 2. The Morgan fingerprint density at radius 1 is 1.13 bits per heavy atom. The molecular weight excluding hydrogens is 382 g/mol. The monoisotopic (exact) mass is 401 g/mol. The lowest BCUT2D eigenvalue weighted by molar-refractivity contribution is -0.384. The van der Waals surface area contributed by atoms with Gasteiger partial charge in [-0.1, -0.05) is 18.2 Å². The highest BCUT2D eigenvalue weighted by molar-refractivity contribution is 6.09. The summed E-state index contributed by atoms with van der Waals surface area (Å²) >= 11 is 0. The van der Waals surface area contributed by atoms with E-state index in [0.29, 0.717) is 22.8 Å². The minimum absolute atomic E-state index is 0.0466. The molecule has 0 fully saturated rings. The van der Waals surface area contributed by atoms with Gasteiger partial charge in [-0.25, -0.2) is 0 Å². The first-order valence-corrected chi connectivity index (χ1v) is 9.14. The number of carbonyl (C=O) groups is 1. The topological polar surface area (TPSA) is 109 Å². The van der Waals surface area contributed by atoms with E-state index in [4.69, 9.17) is 4.42 Å². The molecule has 0 spiro atoms. The van der Waals surface area contributed by atoms with Crippen molar-refractivity contribution in [3.63, 3.8) is 0 Å². The normalized spacial score (nSPS) is 11.1. The van der Waals surface area contributed by atoms with E-state index in [1.807, 2.05) is 39.0 Å². The average molecular weight is 401 g/mol. The molecule has 1 heterocycles. The molecule has 0 unspecified atom stereocenters. The van der Waals surface area contributed by atoms with Crippen LogP contribution in [0, 0.1) is 42.2 Å². The molecule has 30 heavy (non-hydrogen) atoms. The molecule has 7 nitrogen and oxygen atoms in total. The van der Waals surface area contributed by atoms with Crippen LogP contribution in [0.3, 0.4) is 0 Å². The zero-order valence-electron chi connectivity index (χ0n) is 16.7. The summed E-state index contributed by atoms with van der Waals surface area (Å²) in [6.45, 7) is 5.64. The van der Waals surface area contributed by atoms with Crippen molar-refractivity contribution in [3.05, 3.63) is 86.7 Å². The molecule has 3 aromatic rings. The highest BCUT2D eigenvalue weighted by atomic mass is 16.6. The molecule has 0 radical (unpaired) electrons. The Labute approximate surface area is 173 Å². The van der Waals surface area contributed by atoms with Crippen LogP contribution in [0.1, 0.15) is 22.5 Å². The molecule has 0 aliphatic heterocycles. The van der Waals surface area contributed by atoms with Crippen LogP contribution >= 0.6 is 0 Å². The molecule has 0 aliphatic carbocycles. The fourth-order valence-electron chi connectivity index (χ4n) is 2.93. The SMILES string of the molecule is Cc1ccc([N+](=O)[O-])cc1-c1ccc(/C=C(\C#N)C(=O)Nc2cccc(C)c2C)o1. The van der Waals surface area contributed by atoms with Gasteiger partial charge < -0.3 is 9.73 Å². The Bertz CT molecular complexity index is 1220. The number of nitro benzene ring substituents is 1. The highest BCUT2D eigenvalue weighted by Gasteiger charge is 2.15. The second-order valence-electron chi connectivity index (χ2n) is 6.83. The van der Waals surface area contributed by atoms with Gasteiger partial charge in [-0.3, -0.25) is 14.9 Å². The van der Waals surface area contributed by atoms with Gasteiger partial charge >= 0.3 is 0 Å². The Morgan fingerprint density at radius 3 is 2.60 bits per heavy atom. The van der Waals surface area contributed by atoms with E-state index in [1.165, 1.54) is 18.2 Å². The predicted molar refractivity (Wildman–Crippen MR) is 114 cm³/mol. The number of anilines is 1. The lowest BCUT2D eigenvalue weighted by Crippen LogP contribution is -2.14. The lowest BCUT2D eigenvalue weighted by atomic mass is 10.1. The van der Waals surface area contributed by atoms with Gasteiger partial charge in [0.05, 0.1) is 4.92 Å². The largest absolute Gasteiger partial charge is 0.457 e. The lowest BCUT2D eigenvalue weighted by Gasteiger charge is -2.09. The summed E-state index contributed by atoms with van der Waals surface area (Å²) in [5.74, 6) is 0.161. The molecule has 0 atom stereocenters. The molecule has 1 N–H and O–H groups in total. The Hall–Kier alpha value is -4.18. The molecular formula is C23H19N3O4. The van der Waals surface area contributed by atoms with Gasteiger partial charge in [-0.2, -0.15) is 5.26 Å². The number of nitriles is 1. The number of amides is 1. The second kappa shape index (κ2) is 8.45. The number of nitrogens with one attached hydrogen (secondary N) is 1. The number of hydrogen-bond donors (Lipinski definition) is 1. The maximum Gasteiger partial charge on any atom is 0.270 e. The maximum absolute atomic E-state index is 12.5. The number of nitro groups is 1. The van der Waals surface area contributed by atoms with Gasteiger partial charge in [0.15, 0.2) is 0 Å². The van der Waals surface area contributed by atoms with E-state index < -0.39 is 10.8 Å². The van der Waals surface area contributed by atoms with Gasteiger partial charge in [0.2, 0.25) is 0 Å². The fraction of sp³-hybridized carbons (Fsp3) is 0.130. The maximum atomic E-state index is 12.5. The summed E-state index contributed by atoms with van der Waals surface area (Å²) in [5.41, 5.74) is 3.79. The van der Waals surface area contributed by atoms with Crippen molar-refractivity contribution in [2.24, 2.45) is 0 Å². The molecule has 0 bridgehead atoms. The number of carbonyl (C=O) groups excluding carboxylic acids is 1. The first-order valence-electron chi connectivity index (χ1n) is 9.14. The third-order valence-electron chi connectivity index (χ3n) is 4.83. The number of furan rings is 1. The zero-order chi connectivity index (χ0) is 21.8. The minimum Gasteiger partial charge on any atom is -0.457 e. The van der Waals surface area contributed by atoms with Crippen LogP contribution in [0.15, 0.2) is 58.5 Å². The summed E-state index contributed by atoms with van der Waals surface area (Å²) < 4.78 is 5.73. The summed E-state index contributed by atoms with van der Waals surface area (Å²) in [6.07, 6.45) is 1.34. The summed E-state index contributed by atoms with van der Waals surface area (Å²) in [5, 5.41) is 23.2. The number of rotatable bonds is 5. The van der Waals surface area contributed by atoms with Gasteiger partial charge in [-0.15, -0.1) is 0 Å². The van der Waals surface area contributed by atoms with Crippen LogP contribution < -0.4 is 5.32 Å². The zero-order valence-corrected chi connectivity index (χ0v) is 16.7. The van der Waals surface area contributed by atoms with Crippen LogP contribution in [0.25, 0.3) is 17.4 Å². The molecule has 3 rings (SSSR count). The average Bonchev–Trinajstić information content (AvgIpc) is 3.18. The van der Waals surface area contributed by atoms with Gasteiger partial charge in [0, 0.05) is 29.5 Å². The smallest absolute Gasteiger partial charge is 0.270 e. The van der Waals surface area contributed by atoms with Crippen molar-refractivity contribution in [3.8, 4) is 17.4 Å². The Morgan fingerprint density at radius 2 is 1.90 bits per heavy atom. The van der Waals surface area contributed by atoms with Crippen molar-refractivity contribution in [1.29, 1.82) is 5.26 Å². The molecule has 0 saturated carbocycles. The van der Waals surface area contributed by atoms with E-state index >= 15 is 0 Å². The predicted octanol–water partition coefficient (Wildman–Crippen LogP) is 5.33. The first kappa shape index (κ1) is 20.6. The first-order chi connectivity index (χ1) is 14.3. The molecule has 7 heteroatoms. The van der Waals surface area contributed by atoms with Crippen molar-refractivity contribution in [1.82, 2.24) is 0 Å². The number of non-ortho nitro benzene ring substituents is 1. The van der Waals surface area contributed by atoms with E-state index in [9.17, 15) is 20.2 Å². The van der Waals surface area contributed by atoms with Crippen LogP contribution in [0.2, 0.25) is 0 Å². The standard InChI is InChI=1S/C23H19N3O4/c1-14-5-4-6-21(16(14)3)25-23(27)17(13-24)11-19-9-10-22(30-19)20-12-18(26(28)29)8-7-15(20)2/h4-12H,1-3H3,(H,25,27)/b17-11+. The molecule has 150 valence electrons. The number of nitrogens with zero attached hydrogens (tertiary/aromatic N) is 2. The van der Waals surface area contributed by atoms with Gasteiger partial charge in [0.25, 0.3) is 11.6 Å². The third kappa shape index (κ3) is 4.28.